The third-order valence-corrected chi connectivity index (χ3v) is 8.09. The predicted octanol–water partition coefficient (Wildman–Crippen LogP) is 7.19. The van der Waals surface area contributed by atoms with Crippen molar-refractivity contribution < 1.29 is 9.18 Å². The van der Waals surface area contributed by atoms with Crippen LogP contribution in [-0.2, 0) is 16.6 Å². The van der Waals surface area contributed by atoms with E-state index in [0.717, 1.165) is 52.2 Å². The third-order valence-electron chi connectivity index (χ3n) is 8.09. The largest absolute Gasteiger partial charge is 0.308 e. The van der Waals surface area contributed by atoms with Crippen LogP contribution in [0, 0.1) is 24.2 Å². The molecular weight excluding hydrogens is 461 g/mol. The minimum Gasteiger partial charge on any atom is -0.308 e. The number of benzene rings is 3. The Bertz CT molecular complexity index is 1610. The van der Waals surface area contributed by atoms with Crippen molar-refractivity contribution in [3.05, 3.63) is 119 Å². The van der Waals surface area contributed by atoms with Crippen LogP contribution < -0.4 is 0 Å². The molecule has 2 aliphatic carbocycles. The van der Waals surface area contributed by atoms with E-state index in [-0.39, 0.29) is 29.1 Å². The zero-order valence-electron chi connectivity index (χ0n) is 20.8. The molecule has 5 heteroatoms. The second kappa shape index (κ2) is 8.67. The third kappa shape index (κ3) is 3.64. The Morgan fingerprint density at radius 1 is 1.00 bits per heavy atom. The summed E-state index contributed by atoms with van der Waals surface area (Å²) in [6, 6.07) is 25.0. The maximum absolute atomic E-state index is 14.4. The Kier molecular flexibility index (Phi) is 5.42. The van der Waals surface area contributed by atoms with Gasteiger partial charge in [0.2, 0.25) is 5.70 Å². The van der Waals surface area contributed by atoms with Gasteiger partial charge in [0.25, 0.3) is 0 Å². The second-order valence-electron chi connectivity index (χ2n) is 10.2. The fraction of sp³-hybridized carbons (Fsp3) is 0.219. The highest BCUT2D eigenvalue weighted by Gasteiger charge is 2.50. The molecule has 0 bridgehead atoms. The summed E-state index contributed by atoms with van der Waals surface area (Å²) < 4.78 is 16.4. The van der Waals surface area contributed by atoms with Crippen molar-refractivity contribution in [3.63, 3.8) is 0 Å². The molecule has 0 N–H and O–H groups in total. The van der Waals surface area contributed by atoms with Crippen molar-refractivity contribution in [2.45, 2.75) is 32.1 Å². The highest BCUT2D eigenvalue weighted by molar-refractivity contribution is 6.00. The normalized spacial score (nSPS) is 22.5. The molecule has 4 nitrogen and oxygen atoms in total. The monoisotopic (exact) mass is 487 g/mol. The molecule has 3 atom stereocenters. The number of halogens is 1. The summed E-state index contributed by atoms with van der Waals surface area (Å²) >= 11 is 0. The molecular formula is C32H26FN3O. The molecule has 0 unspecified atom stereocenters. The van der Waals surface area contributed by atoms with Gasteiger partial charge in [-0.05, 0) is 54.2 Å². The van der Waals surface area contributed by atoms with Crippen LogP contribution in [0.4, 0.5) is 4.39 Å². The lowest BCUT2D eigenvalue weighted by atomic mass is 9.58. The fourth-order valence-corrected chi connectivity index (χ4v) is 6.27. The predicted molar refractivity (Wildman–Crippen MR) is 142 cm³/mol. The molecule has 0 spiro atoms. The average molecular weight is 488 g/mol. The Balaban J connectivity index is 1.61. The highest BCUT2D eigenvalue weighted by Crippen LogP contribution is 2.51. The number of rotatable bonds is 3. The molecule has 182 valence electrons. The van der Waals surface area contributed by atoms with Gasteiger partial charge in [-0.2, -0.15) is 5.10 Å². The van der Waals surface area contributed by atoms with Gasteiger partial charge in [0.05, 0.1) is 23.6 Å². The van der Waals surface area contributed by atoms with Crippen LogP contribution >= 0.6 is 0 Å². The number of carbonyl (C=O) groups excluding carboxylic acids is 1. The lowest BCUT2D eigenvalue weighted by Crippen LogP contribution is -2.45. The van der Waals surface area contributed by atoms with Gasteiger partial charge in [0.15, 0.2) is 5.78 Å². The maximum Gasteiger partial charge on any atom is 0.226 e. The zero-order valence-corrected chi connectivity index (χ0v) is 20.8. The number of carbonyl (C=O) groups is 1. The molecule has 2 aliphatic rings. The van der Waals surface area contributed by atoms with Crippen molar-refractivity contribution in [1.29, 1.82) is 0 Å². The zero-order chi connectivity index (χ0) is 25.7. The number of Topliss-reactive ketones (excluding diaryl/α,β-unsaturated/α-hetero) is 1. The van der Waals surface area contributed by atoms with Crippen LogP contribution in [0.2, 0.25) is 0 Å². The van der Waals surface area contributed by atoms with Crippen molar-refractivity contribution in [2.24, 2.45) is 11.8 Å². The summed E-state index contributed by atoms with van der Waals surface area (Å²) in [5.41, 5.74) is 6.21. The summed E-state index contributed by atoms with van der Waals surface area (Å²) in [4.78, 5) is 16.4. The van der Waals surface area contributed by atoms with Gasteiger partial charge < -0.3 is 4.79 Å². The van der Waals surface area contributed by atoms with E-state index >= 15 is 0 Å². The summed E-state index contributed by atoms with van der Waals surface area (Å²) in [7, 11) is 0. The Morgan fingerprint density at radius 3 is 2.49 bits per heavy atom. The lowest BCUT2D eigenvalue weighted by Gasteiger charge is -2.44. The lowest BCUT2D eigenvalue weighted by molar-refractivity contribution is -0.121. The van der Waals surface area contributed by atoms with Crippen molar-refractivity contribution in [2.75, 3.05) is 0 Å². The molecule has 0 saturated carbocycles. The summed E-state index contributed by atoms with van der Waals surface area (Å²) in [6.45, 7) is 11.6. The van der Waals surface area contributed by atoms with Crippen LogP contribution in [0.25, 0.3) is 32.9 Å². The van der Waals surface area contributed by atoms with E-state index in [9.17, 15) is 9.18 Å². The number of hydrogen-bond acceptors (Lipinski definition) is 2. The fourth-order valence-electron chi connectivity index (χ4n) is 6.27. The molecule has 1 aromatic heterocycles. The first-order valence-electron chi connectivity index (χ1n) is 12.6. The number of nitrogens with zero attached hydrogens (tertiary/aromatic N) is 3. The summed E-state index contributed by atoms with van der Waals surface area (Å²) in [5.74, 6) is -0.584. The van der Waals surface area contributed by atoms with E-state index in [1.165, 1.54) is 6.07 Å². The molecule has 0 amide bonds. The molecule has 4 aromatic rings. The molecule has 3 aromatic carbocycles. The van der Waals surface area contributed by atoms with Gasteiger partial charge in [0.1, 0.15) is 5.82 Å². The van der Waals surface area contributed by atoms with Gasteiger partial charge in [-0.3, -0.25) is 0 Å². The van der Waals surface area contributed by atoms with Gasteiger partial charge in [0, 0.05) is 22.5 Å². The number of aromatic nitrogens is 2. The van der Waals surface area contributed by atoms with Crippen LogP contribution in [-0.4, -0.2) is 15.6 Å². The molecule has 37 heavy (non-hydrogen) atoms. The summed E-state index contributed by atoms with van der Waals surface area (Å²) in [6.07, 6.45) is 3.37. The number of hydrogen-bond donors (Lipinski definition) is 0. The maximum atomic E-state index is 14.4. The van der Waals surface area contributed by atoms with Gasteiger partial charge in [-0.25, -0.2) is 13.9 Å². The van der Waals surface area contributed by atoms with Crippen LogP contribution in [0.1, 0.15) is 31.5 Å². The van der Waals surface area contributed by atoms with Gasteiger partial charge in [-0.1, -0.05) is 74.5 Å². The van der Waals surface area contributed by atoms with E-state index < -0.39 is 5.41 Å². The van der Waals surface area contributed by atoms with Crippen molar-refractivity contribution in [1.82, 2.24) is 9.78 Å². The minimum absolute atomic E-state index is 0.0531. The van der Waals surface area contributed by atoms with Crippen molar-refractivity contribution in [3.8, 4) is 28.1 Å². The Hall–Kier alpha value is -4.30. The second-order valence-corrected chi connectivity index (χ2v) is 10.2. The molecule has 1 heterocycles. The van der Waals surface area contributed by atoms with Crippen LogP contribution in [0.15, 0.2) is 90.6 Å². The first-order chi connectivity index (χ1) is 17.9. The summed E-state index contributed by atoms with van der Waals surface area (Å²) in [5, 5.41) is 5.18. The van der Waals surface area contributed by atoms with E-state index in [1.807, 2.05) is 54.1 Å². The van der Waals surface area contributed by atoms with E-state index in [0.29, 0.717) is 0 Å². The Morgan fingerprint density at radius 2 is 1.73 bits per heavy atom. The smallest absolute Gasteiger partial charge is 0.226 e. The SMILES string of the molecule is [C-]#[N+]C1=C[C@@]2(C)c3nn(-c4cccc(-c5ccccc5)c4)c(-c4cccc(F)c4)c3CC[C@@H]2[C@@H](C)C1=O. The molecule has 6 rings (SSSR count). The number of allylic oxidation sites excluding steroid dienone is 2. The first kappa shape index (κ1) is 23.1. The molecule has 0 radical (unpaired) electrons. The Labute approximate surface area is 215 Å². The first-order valence-corrected chi connectivity index (χ1v) is 12.6. The van der Waals surface area contributed by atoms with E-state index in [4.69, 9.17) is 11.7 Å². The van der Waals surface area contributed by atoms with Crippen LogP contribution in [0.5, 0.6) is 0 Å². The topological polar surface area (TPSA) is 39.2 Å². The minimum atomic E-state index is -0.564. The average Bonchev–Trinajstić information content (AvgIpc) is 3.32. The van der Waals surface area contributed by atoms with Crippen LogP contribution in [0.3, 0.4) is 0 Å². The number of fused-ring (bicyclic) bond motifs is 3. The van der Waals surface area contributed by atoms with Gasteiger partial charge >= 0.3 is 0 Å². The van der Waals surface area contributed by atoms with Crippen molar-refractivity contribution >= 4 is 5.78 Å². The van der Waals surface area contributed by atoms with Gasteiger partial charge in [-0.15, -0.1) is 0 Å². The quantitative estimate of drug-likeness (QED) is 0.287. The van der Waals surface area contributed by atoms with E-state index in [1.54, 1.807) is 12.1 Å². The molecule has 0 aliphatic heterocycles. The van der Waals surface area contributed by atoms with E-state index in [2.05, 4.69) is 36.0 Å². The molecule has 0 fully saturated rings. The molecule has 0 saturated heterocycles. The standard InChI is InChI=1S/C32H26FN3O/c1-20-27-16-15-26-29(23-12-7-13-24(33)17-23)36(35-31(26)32(27,2)19-28(34-3)30(20)37)25-14-8-11-22(18-25)21-9-5-4-6-10-21/h4-14,17-20,27H,15-16H2,1-2H3/t20-,27-,32-/m1/s1. The highest BCUT2D eigenvalue weighted by atomic mass is 19.1. The number of ketones is 1.